The van der Waals surface area contributed by atoms with Crippen molar-refractivity contribution in [3.8, 4) is 0 Å². The molecule has 3 heterocycles. The van der Waals surface area contributed by atoms with Gasteiger partial charge in [-0.2, -0.15) is 0 Å². The molecule has 5 rings (SSSR count). The van der Waals surface area contributed by atoms with Crippen molar-refractivity contribution in [1.29, 1.82) is 0 Å². The van der Waals surface area contributed by atoms with Gasteiger partial charge < -0.3 is 18.9 Å². The number of ether oxygens (including phenoxy) is 4. The van der Waals surface area contributed by atoms with Crippen LogP contribution in [0.5, 0.6) is 0 Å². The molecule has 0 radical (unpaired) electrons. The topological polar surface area (TPSA) is 88.1 Å². The van der Waals surface area contributed by atoms with Gasteiger partial charge in [-0.3, -0.25) is 14.4 Å². The number of fused-ring (bicyclic) bond motifs is 1. The minimum absolute atomic E-state index is 0.0357. The van der Waals surface area contributed by atoms with Crippen LogP contribution in [0.2, 0.25) is 0 Å². The Morgan fingerprint density at radius 2 is 2.00 bits per heavy atom. The highest BCUT2D eigenvalue weighted by Gasteiger charge is 2.76. The first-order chi connectivity index (χ1) is 13.2. The minimum atomic E-state index is -1.34. The number of cyclic esters (lactones) is 1. The van der Waals surface area contributed by atoms with Crippen LogP contribution in [0.4, 0.5) is 0 Å². The van der Waals surface area contributed by atoms with E-state index in [0.29, 0.717) is 18.4 Å². The van der Waals surface area contributed by atoms with E-state index < -0.39 is 52.1 Å². The van der Waals surface area contributed by atoms with Gasteiger partial charge in [0.05, 0.1) is 25.6 Å². The van der Waals surface area contributed by atoms with Crippen LogP contribution in [0.1, 0.15) is 26.7 Å². The lowest BCUT2D eigenvalue weighted by Crippen LogP contribution is -2.72. The highest BCUT2D eigenvalue weighted by molar-refractivity contribution is 5.92. The Bertz CT molecular complexity index is 855. The van der Waals surface area contributed by atoms with Gasteiger partial charge in [0, 0.05) is 23.0 Å². The molecule has 2 bridgehead atoms. The summed E-state index contributed by atoms with van der Waals surface area (Å²) in [6.45, 7) is 7.55. The monoisotopic (exact) mass is 388 g/mol. The average molecular weight is 388 g/mol. The van der Waals surface area contributed by atoms with E-state index in [2.05, 4.69) is 6.58 Å². The summed E-state index contributed by atoms with van der Waals surface area (Å²) in [7, 11) is 2.71. The molecular formula is C21H24O7. The minimum Gasteiger partial charge on any atom is -0.469 e. The molecule has 0 aromatic heterocycles. The molecule has 7 heteroatoms. The van der Waals surface area contributed by atoms with Gasteiger partial charge in [-0.25, -0.2) is 0 Å². The fourth-order valence-corrected chi connectivity index (χ4v) is 5.78. The predicted molar refractivity (Wildman–Crippen MR) is 96.2 cm³/mol. The van der Waals surface area contributed by atoms with Crippen LogP contribution in [0.15, 0.2) is 36.3 Å². The van der Waals surface area contributed by atoms with Crippen molar-refractivity contribution in [3.05, 3.63) is 36.3 Å². The number of hydrogen-bond acceptors (Lipinski definition) is 7. The maximum atomic E-state index is 13.2. The summed E-state index contributed by atoms with van der Waals surface area (Å²) >= 11 is 0. The molecule has 1 saturated heterocycles. The number of esters is 3. The Morgan fingerprint density at radius 3 is 2.61 bits per heavy atom. The maximum Gasteiger partial charge on any atom is 0.322 e. The van der Waals surface area contributed by atoms with E-state index in [-0.39, 0.29) is 5.95 Å². The molecule has 6 atom stereocenters. The number of rotatable bonds is 3. The van der Waals surface area contributed by atoms with E-state index in [1.165, 1.54) is 14.2 Å². The summed E-state index contributed by atoms with van der Waals surface area (Å²) in [6, 6.07) is 0. The normalized spacial score (nSPS) is 43.5. The third kappa shape index (κ3) is 1.97. The first-order valence-corrected chi connectivity index (χ1v) is 9.33. The van der Waals surface area contributed by atoms with Crippen LogP contribution in [0.3, 0.4) is 0 Å². The van der Waals surface area contributed by atoms with Crippen LogP contribution in [-0.2, 0) is 33.3 Å². The lowest BCUT2D eigenvalue weighted by atomic mass is 9.43. The molecule has 5 aliphatic rings. The quantitative estimate of drug-likeness (QED) is 0.416. The molecule has 7 nitrogen and oxygen atoms in total. The Balaban J connectivity index is 2.05. The van der Waals surface area contributed by atoms with Crippen molar-refractivity contribution in [1.82, 2.24) is 0 Å². The number of allylic oxidation sites excluding steroid dienone is 1. The molecule has 0 aromatic rings. The molecule has 28 heavy (non-hydrogen) atoms. The van der Waals surface area contributed by atoms with Crippen molar-refractivity contribution in [3.63, 3.8) is 0 Å². The highest BCUT2D eigenvalue weighted by Crippen LogP contribution is 2.67. The third-order valence-corrected chi connectivity index (χ3v) is 7.27. The molecule has 150 valence electrons. The van der Waals surface area contributed by atoms with Gasteiger partial charge in [0.25, 0.3) is 5.95 Å². The largest absolute Gasteiger partial charge is 0.469 e. The van der Waals surface area contributed by atoms with Gasteiger partial charge in [-0.15, -0.1) is 6.58 Å². The lowest BCUT2D eigenvalue weighted by Gasteiger charge is -2.63. The van der Waals surface area contributed by atoms with Gasteiger partial charge in [-0.1, -0.05) is 19.1 Å². The van der Waals surface area contributed by atoms with Crippen LogP contribution >= 0.6 is 0 Å². The fourth-order valence-electron chi connectivity index (χ4n) is 5.78. The van der Waals surface area contributed by atoms with Crippen molar-refractivity contribution in [2.45, 2.75) is 32.3 Å². The van der Waals surface area contributed by atoms with Crippen molar-refractivity contribution < 1.29 is 33.3 Å². The molecular weight excluding hydrogens is 364 g/mol. The first-order valence-electron chi connectivity index (χ1n) is 9.33. The summed E-state index contributed by atoms with van der Waals surface area (Å²) in [5.74, 6) is -3.65. The van der Waals surface area contributed by atoms with Crippen LogP contribution in [-0.4, -0.2) is 37.7 Å². The number of hydrogen-bond donors (Lipinski definition) is 0. The van der Waals surface area contributed by atoms with Crippen LogP contribution in [0, 0.1) is 28.6 Å². The molecule has 2 fully saturated rings. The molecule has 2 aliphatic carbocycles. The van der Waals surface area contributed by atoms with E-state index in [4.69, 9.17) is 18.9 Å². The van der Waals surface area contributed by atoms with Crippen LogP contribution < -0.4 is 0 Å². The van der Waals surface area contributed by atoms with Crippen molar-refractivity contribution >= 4 is 17.9 Å². The molecule has 0 N–H and O–H groups in total. The van der Waals surface area contributed by atoms with Gasteiger partial charge in [0.1, 0.15) is 5.92 Å². The van der Waals surface area contributed by atoms with Gasteiger partial charge in [0.15, 0.2) is 5.60 Å². The zero-order valence-electron chi connectivity index (χ0n) is 16.4. The standard InChI is InChI=1S/C21H24O7/c1-6-19(2)8-7-13-20(3,18(24)26-5)12-9-11-10-14(25-4)27-17(23)15(19)21(11,13)28-16(12)22/h6,9-10,12-13,15H,1,7-8H2,2-5H3/t12-,13+,15+,19-,20-,21-/m0/s1. The fraction of sp³-hybridized carbons (Fsp3) is 0.571. The van der Waals surface area contributed by atoms with Crippen LogP contribution in [0.25, 0.3) is 0 Å². The summed E-state index contributed by atoms with van der Waals surface area (Å²) in [4.78, 5) is 39.1. The average Bonchev–Trinajstić information content (AvgIpc) is 2.79. The molecule has 0 aromatic carbocycles. The Hall–Kier alpha value is -2.57. The molecule has 1 saturated carbocycles. The van der Waals surface area contributed by atoms with E-state index in [9.17, 15) is 14.4 Å². The Morgan fingerprint density at radius 1 is 1.29 bits per heavy atom. The van der Waals surface area contributed by atoms with Gasteiger partial charge in [-0.05, 0) is 19.8 Å². The Kier molecular flexibility index (Phi) is 3.83. The second-order valence-electron chi connectivity index (χ2n) is 8.41. The second-order valence-corrected chi connectivity index (χ2v) is 8.41. The van der Waals surface area contributed by atoms with Crippen molar-refractivity contribution in [2.24, 2.45) is 28.6 Å². The first kappa shape index (κ1) is 18.8. The molecule has 1 spiro atoms. The molecule has 0 amide bonds. The summed E-state index contributed by atoms with van der Waals surface area (Å²) in [5.41, 5.74) is -2.54. The zero-order valence-corrected chi connectivity index (χ0v) is 16.4. The van der Waals surface area contributed by atoms with Gasteiger partial charge in [0.2, 0.25) is 0 Å². The number of carbonyl (C=O) groups excluding carboxylic acids is 3. The van der Waals surface area contributed by atoms with E-state index in [1.807, 2.05) is 6.92 Å². The van der Waals surface area contributed by atoms with E-state index in [1.54, 1.807) is 25.2 Å². The molecule has 3 aliphatic heterocycles. The predicted octanol–water partition coefficient (Wildman–Crippen LogP) is 2.28. The maximum absolute atomic E-state index is 13.2. The van der Waals surface area contributed by atoms with E-state index >= 15 is 0 Å². The zero-order chi connectivity index (χ0) is 20.5. The summed E-state index contributed by atoms with van der Waals surface area (Å²) in [6.07, 6.45) is 6.17. The SMILES string of the molecule is C=C[C@@]1(C)CC[C@@H]2[C@@](C)(C(=O)OC)[C@H]3C=C4C=C(OC)OC(=O)[C@H]1[C@]42OC3=O. The second kappa shape index (κ2) is 5.72. The lowest BCUT2D eigenvalue weighted by molar-refractivity contribution is -0.239. The Labute approximate surface area is 163 Å². The van der Waals surface area contributed by atoms with Gasteiger partial charge >= 0.3 is 17.9 Å². The van der Waals surface area contributed by atoms with Crippen molar-refractivity contribution in [2.75, 3.05) is 14.2 Å². The summed E-state index contributed by atoms with van der Waals surface area (Å²) in [5, 5.41) is 0. The van der Waals surface area contributed by atoms with E-state index in [0.717, 1.165) is 0 Å². The number of carbonyl (C=O) groups is 3. The smallest absolute Gasteiger partial charge is 0.322 e. The highest BCUT2D eigenvalue weighted by atomic mass is 16.7. The third-order valence-electron chi connectivity index (χ3n) is 7.27. The molecule has 0 unspecified atom stereocenters. The summed E-state index contributed by atoms with van der Waals surface area (Å²) < 4.78 is 21.8. The number of methoxy groups -OCH3 is 2.